The molecule has 0 aliphatic heterocycles. The number of unbranched alkanes of at least 4 members (excludes halogenated alkanes) is 28. The van der Waals surface area contributed by atoms with E-state index in [-0.39, 0.29) is 24.5 Å². The molecule has 0 aromatic heterocycles. The van der Waals surface area contributed by atoms with Gasteiger partial charge in [0.15, 0.2) is 0 Å². The van der Waals surface area contributed by atoms with Gasteiger partial charge < -0.3 is 15.2 Å². The summed E-state index contributed by atoms with van der Waals surface area (Å²) in [6.07, 6.45) is 53.2. The molecule has 1 unspecified atom stereocenters. The number of hydrogen-bond donors (Lipinski definition) is 2. The Labute approximate surface area is 334 Å². The second kappa shape index (κ2) is 43.6. The summed E-state index contributed by atoms with van der Waals surface area (Å²) in [6, 6.07) is 0. The molecule has 6 nitrogen and oxygen atoms in total. The van der Waals surface area contributed by atoms with Crippen molar-refractivity contribution in [1.82, 2.24) is 5.32 Å². The Morgan fingerprint density at radius 3 is 1.35 bits per heavy atom. The van der Waals surface area contributed by atoms with E-state index in [1.54, 1.807) is 0 Å². The molecule has 0 spiro atoms. The molecule has 0 aliphatic carbocycles. The van der Waals surface area contributed by atoms with Gasteiger partial charge in [-0.25, -0.2) is 0 Å². The average molecular weight is 760 g/mol. The minimum absolute atomic E-state index is 0.0129. The zero-order chi connectivity index (χ0) is 39.4. The summed E-state index contributed by atoms with van der Waals surface area (Å²) in [4.78, 5) is 35.1. The Hall–Kier alpha value is -2.11. The summed E-state index contributed by atoms with van der Waals surface area (Å²) in [6.45, 7) is 4.21. The monoisotopic (exact) mass is 760 g/mol. The van der Waals surface area contributed by atoms with E-state index >= 15 is 0 Å². The summed E-state index contributed by atoms with van der Waals surface area (Å²) in [5.74, 6) is -1.25. The highest BCUT2D eigenvalue weighted by Crippen LogP contribution is 2.18. The molecule has 0 radical (unpaired) electrons. The van der Waals surface area contributed by atoms with E-state index in [4.69, 9.17) is 9.84 Å². The Kier molecular flexibility index (Phi) is 41.9. The van der Waals surface area contributed by atoms with E-state index in [2.05, 4.69) is 43.5 Å². The second-order valence-electron chi connectivity index (χ2n) is 16.0. The Balaban J connectivity index is 4.04. The van der Waals surface area contributed by atoms with E-state index in [0.29, 0.717) is 12.8 Å². The molecule has 2 N–H and O–H groups in total. The van der Waals surface area contributed by atoms with Crippen LogP contribution in [0.3, 0.4) is 0 Å². The van der Waals surface area contributed by atoms with E-state index in [9.17, 15) is 14.4 Å². The summed E-state index contributed by atoms with van der Waals surface area (Å²) in [5.41, 5.74) is 0. The minimum atomic E-state index is -1.02. The first-order chi connectivity index (χ1) is 26.5. The lowest BCUT2D eigenvalue weighted by atomic mass is 10.0. The highest BCUT2D eigenvalue weighted by Gasteiger charge is 2.14. The van der Waals surface area contributed by atoms with Gasteiger partial charge in [0.25, 0.3) is 0 Å². The molecule has 0 saturated carbocycles. The van der Waals surface area contributed by atoms with E-state index in [1.165, 1.54) is 148 Å². The van der Waals surface area contributed by atoms with Crippen LogP contribution in [0.4, 0.5) is 0 Å². The third-order valence-corrected chi connectivity index (χ3v) is 10.6. The van der Waals surface area contributed by atoms with Gasteiger partial charge in [0.2, 0.25) is 5.91 Å². The zero-order valence-electron chi connectivity index (χ0n) is 35.8. The summed E-state index contributed by atoms with van der Waals surface area (Å²) < 4.78 is 6.02. The number of allylic oxidation sites excluding steroid dienone is 4. The lowest BCUT2D eigenvalue weighted by Crippen LogP contribution is -2.28. The van der Waals surface area contributed by atoms with Crippen LogP contribution in [0.5, 0.6) is 0 Å². The number of hydrogen-bond acceptors (Lipinski definition) is 4. The zero-order valence-corrected chi connectivity index (χ0v) is 35.8. The van der Waals surface area contributed by atoms with Gasteiger partial charge >= 0.3 is 11.9 Å². The van der Waals surface area contributed by atoms with Gasteiger partial charge in [-0.05, 0) is 64.2 Å². The SMILES string of the molecule is CCCCC/C=C\C/C=C\CCCC(CCCCCCCC(=O)NCC(=O)O)OC(=O)CCCCCCCCCCCCCCCCCCCCCCC. The van der Waals surface area contributed by atoms with Gasteiger partial charge in [0, 0.05) is 12.8 Å². The third-order valence-electron chi connectivity index (χ3n) is 10.6. The standard InChI is InChI=1S/C48H89NO5/c1-3-5-7-9-11-13-15-16-17-18-19-20-21-22-23-24-26-28-30-35-39-43-48(53)54-45(40-36-32-29-27-25-14-12-10-8-6-4-2)41-37-33-31-34-38-42-46(50)49-44-47(51)52/h12,14,27,29,45H,3-11,13,15-26,28,30-44H2,1-2H3,(H,49,50)(H,51,52)/b14-12-,29-27-. The predicted octanol–water partition coefficient (Wildman–Crippen LogP) is 14.7. The molecule has 0 fully saturated rings. The van der Waals surface area contributed by atoms with Crippen molar-refractivity contribution in [3.8, 4) is 0 Å². The molecule has 0 aromatic carbocycles. The van der Waals surface area contributed by atoms with Crippen molar-refractivity contribution < 1.29 is 24.2 Å². The average Bonchev–Trinajstić information content (AvgIpc) is 3.16. The lowest BCUT2D eigenvalue weighted by molar-refractivity contribution is -0.150. The molecule has 0 bridgehead atoms. The fourth-order valence-electron chi connectivity index (χ4n) is 7.14. The minimum Gasteiger partial charge on any atom is -0.480 e. The van der Waals surface area contributed by atoms with E-state index in [0.717, 1.165) is 77.0 Å². The number of rotatable bonds is 43. The molecule has 6 heteroatoms. The number of esters is 1. The highest BCUT2D eigenvalue weighted by atomic mass is 16.5. The highest BCUT2D eigenvalue weighted by molar-refractivity contribution is 5.80. The molecule has 0 heterocycles. The van der Waals surface area contributed by atoms with Crippen molar-refractivity contribution in [2.24, 2.45) is 0 Å². The van der Waals surface area contributed by atoms with Gasteiger partial charge in [-0.1, -0.05) is 199 Å². The maximum atomic E-state index is 12.8. The number of carbonyl (C=O) groups is 3. The fourth-order valence-corrected chi connectivity index (χ4v) is 7.14. The van der Waals surface area contributed by atoms with Crippen LogP contribution in [0.15, 0.2) is 24.3 Å². The van der Waals surface area contributed by atoms with Gasteiger partial charge in [0.1, 0.15) is 12.6 Å². The number of ether oxygens (including phenoxy) is 1. The quantitative estimate of drug-likeness (QED) is 0.0367. The van der Waals surface area contributed by atoms with Crippen molar-refractivity contribution in [2.75, 3.05) is 6.54 Å². The first kappa shape index (κ1) is 51.9. The van der Waals surface area contributed by atoms with Crippen LogP contribution >= 0.6 is 0 Å². The number of amides is 1. The Morgan fingerprint density at radius 1 is 0.481 bits per heavy atom. The smallest absolute Gasteiger partial charge is 0.322 e. The maximum Gasteiger partial charge on any atom is 0.322 e. The molecule has 0 rings (SSSR count). The number of nitrogens with one attached hydrogen (secondary N) is 1. The van der Waals surface area contributed by atoms with Crippen LogP contribution in [-0.4, -0.2) is 35.6 Å². The second-order valence-corrected chi connectivity index (χ2v) is 16.0. The van der Waals surface area contributed by atoms with E-state index in [1.807, 2.05) is 0 Å². The van der Waals surface area contributed by atoms with Crippen molar-refractivity contribution >= 4 is 17.8 Å². The first-order valence-corrected chi connectivity index (χ1v) is 23.5. The normalized spacial score (nSPS) is 12.2. The molecular formula is C48H89NO5. The van der Waals surface area contributed by atoms with Crippen LogP contribution in [0.25, 0.3) is 0 Å². The number of carboxylic acids is 1. The maximum absolute atomic E-state index is 12.8. The molecule has 1 amide bonds. The van der Waals surface area contributed by atoms with Crippen molar-refractivity contribution in [2.45, 2.75) is 258 Å². The lowest BCUT2D eigenvalue weighted by Gasteiger charge is -2.18. The molecule has 0 saturated heterocycles. The van der Waals surface area contributed by atoms with E-state index < -0.39 is 5.97 Å². The van der Waals surface area contributed by atoms with Crippen LogP contribution in [0, 0.1) is 0 Å². The summed E-state index contributed by atoms with van der Waals surface area (Å²) in [7, 11) is 0. The molecule has 316 valence electrons. The summed E-state index contributed by atoms with van der Waals surface area (Å²) in [5, 5.41) is 11.1. The third kappa shape index (κ3) is 42.6. The number of carboxylic acid groups (broad SMARTS) is 1. The molecular weight excluding hydrogens is 671 g/mol. The van der Waals surface area contributed by atoms with Gasteiger partial charge in [-0.3, -0.25) is 14.4 Å². The van der Waals surface area contributed by atoms with Crippen LogP contribution < -0.4 is 5.32 Å². The van der Waals surface area contributed by atoms with Crippen molar-refractivity contribution in [1.29, 1.82) is 0 Å². The number of carbonyl (C=O) groups excluding carboxylic acids is 2. The fraction of sp³-hybridized carbons (Fsp3) is 0.854. The van der Waals surface area contributed by atoms with Gasteiger partial charge in [-0.2, -0.15) is 0 Å². The van der Waals surface area contributed by atoms with Crippen molar-refractivity contribution in [3.63, 3.8) is 0 Å². The van der Waals surface area contributed by atoms with Crippen molar-refractivity contribution in [3.05, 3.63) is 24.3 Å². The topological polar surface area (TPSA) is 92.7 Å². The van der Waals surface area contributed by atoms with Crippen LogP contribution in [-0.2, 0) is 19.1 Å². The number of aliphatic carboxylic acids is 1. The molecule has 1 atom stereocenters. The van der Waals surface area contributed by atoms with Crippen LogP contribution in [0.1, 0.15) is 251 Å². The van der Waals surface area contributed by atoms with Gasteiger partial charge in [0.05, 0.1) is 0 Å². The summed E-state index contributed by atoms with van der Waals surface area (Å²) >= 11 is 0. The Bertz CT molecular complexity index is 884. The molecule has 0 aliphatic rings. The van der Waals surface area contributed by atoms with Gasteiger partial charge in [-0.15, -0.1) is 0 Å². The molecule has 0 aromatic rings. The predicted molar refractivity (Wildman–Crippen MR) is 231 cm³/mol. The molecule has 54 heavy (non-hydrogen) atoms. The first-order valence-electron chi connectivity index (χ1n) is 23.5. The largest absolute Gasteiger partial charge is 0.480 e. The Morgan fingerprint density at radius 2 is 0.870 bits per heavy atom. The van der Waals surface area contributed by atoms with Crippen LogP contribution in [0.2, 0.25) is 0 Å².